The molecule has 0 unspecified atom stereocenters. The number of hydrogen-bond acceptors (Lipinski definition) is 5. The Morgan fingerprint density at radius 2 is 1.93 bits per heavy atom. The maximum atomic E-state index is 15.3. The molecule has 6 nitrogen and oxygen atoms in total. The van der Waals surface area contributed by atoms with Crippen molar-refractivity contribution in [1.29, 1.82) is 0 Å². The minimum atomic E-state index is -2.39. The molecule has 8 atom stereocenters. The highest BCUT2D eigenvalue weighted by atomic mass is 35.5. The molecular weight excluding hydrogens is 415 g/mol. The fourth-order valence-corrected chi connectivity index (χ4v) is 7.23. The molecule has 3 N–H and O–H groups in total. The summed E-state index contributed by atoms with van der Waals surface area (Å²) in [4.78, 5) is 34.5. The van der Waals surface area contributed by atoms with E-state index in [0.29, 0.717) is 0 Å². The number of ketones is 2. The second kappa shape index (κ2) is 6.11. The lowest BCUT2D eigenvalue weighted by Crippen LogP contribution is -2.70. The van der Waals surface area contributed by atoms with Crippen molar-refractivity contribution in [2.75, 3.05) is 0 Å². The molecule has 3 fully saturated rings. The van der Waals surface area contributed by atoms with Gasteiger partial charge in [-0.3, -0.25) is 9.59 Å². The normalized spacial score (nSPS) is 49.7. The summed E-state index contributed by atoms with van der Waals surface area (Å²) in [5.41, 5.74) is -4.69. The van der Waals surface area contributed by atoms with Gasteiger partial charge in [-0.25, -0.2) is 9.18 Å². The number of aliphatic carboxylic acids is 1. The zero-order valence-electron chi connectivity index (χ0n) is 16.7. The fourth-order valence-electron chi connectivity index (χ4n) is 6.74. The van der Waals surface area contributed by atoms with Gasteiger partial charge in [-0.05, 0) is 54.4 Å². The number of aliphatic hydroxyl groups is 2. The van der Waals surface area contributed by atoms with E-state index in [2.05, 4.69) is 6.58 Å². The van der Waals surface area contributed by atoms with Gasteiger partial charge in [-0.1, -0.05) is 26.5 Å². The molecule has 4 aliphatic carbocycles. The lowest BCUT2D eigenvalue weighted by atomic mass is 9.45. The third-order valence-electron chi connectivity index (χ3n) is 8.35. The van der Waals surface area contributed by atoms with E-state index in [4.69, 9.17) is 11.6 Å². The summed E-state index contributed by atoms with van der Waals surface area (Å²) in [6, 6.07) is 0. The zero-order valence-corrected chi connectivity index (χ0v) is 17.4. The van der Waals surface area contributed by atoms with Gasteiger partial charge in [0.25, 0.3) is 5.78 Å². The Morgan fingerprint density at radius 3 is 2.53 bits per heavy atom. The van der Waals surface area contributed by atoms with Crippen LogP contribution in [0.5, 0.6) is 0 Å². The molecule has 0 bridgehead atoms. The monoisotopic (exact) mass is 438 g/mol. The summed E-state index contributed by atoms with van der Waals surface area (Å²) >= 11 is 7.13. The van der Waals surface area contributed by atoms with Gasteiger partial charge in [-0.2, -0.15) is 0 Å². The van der Waals surface area contributed by atoms with Crippen molar-refractivity contribution >= 4 is 29.1 Å². The molecule has 0 amide bonds. The zero-order chi connectivity index (χ0) is 22.4. The first-order valence-corrected chi connectivity index (χ1v) is 10.3. The van der Waals surface area contributed by atoms with Crippen LogP contribution in [0, 0.1) is 22.7 Å². The minimum absolute atomic E-state index is 0.0341. The average molecular weight is 439 g/mol. The van der Waals surface area contributed by atoms with E-state index in [-0.39, 0.29) is 36.2 Å². The van der Waals surface area contributed by atoms with Gasteiger partial charge in [0.05, 0.1) is 11.0 Å². The highest BCUT2D eigenvalue weighted by molar-refractivity contribution is 6.37. The number of carbonyl (C=O) groups is 3. The Labute approximate surface area is 178 Å². The SMILES string of the molecule is C=C1C[C@H]2[C@@H]3C[C@H](F)C4=CC(=O)C=C[C@]4(C)[C@@]3(Cl)[C@@H](O)C[C@]2(C)[C@@]1(O)C(=O)C(=O)O. The number of alkyl halides is 2. The third-order valence-corrected chi connectivity index (χ3v) is 9.27. The van der Waals surface area contributed by atoms with Crippen LogP contribution >= 0.6 is 11.6 Å². The van der Waals surface area contributed by atoms with Crippen molar-refractivity contribution in [1.82, 2.24) is 0 Å². The van der Waals surface area contributed by atoms with E-state index in [1.165, 1.54) is 25.2 Å². The topological polar surface area (TPSA) is 112 Å². The molecule has 4 rings (SSSR count). The first-order valence-electron chi connectivity index (χ1n) is 9.89. The van der Waals surface area contributed by atoms with Crippen LogP contribution in [0.2, 0.25) is 0 Å². The first kappa shape index (κ1) is 21.4. The Bertz CT molecular complexity index is 957. The highest BCUT2D eigenvalue weighted by Gasteiger charge is 2.75. The molecule has 0 spiro atoms. The second-order valence-electron chi connectivity index (χ2n) is 9.51. The van der Waals surface area contributed by atoms with Crippen LogP contribution in [0.3, 0.4) is 0 Å². The van der Waals surface area contributed by atoms with Gasteiger partial charge < -0.3 is 15.3 Å². The van der Waals surface area contributed by atoms with Crippen molar-refractivity contribution < 1.29 is 34.1 Å². The van der Waals surface area contributed by atoms with Gasteiger partial charge in [0, 0.05) is 10.8 Å². The number of carbonyl (C=O) groups excluding carboxylic acids is 2. The van der Waals surface area contributed by atoms with E-state index < -0.39 is 57.2 Å². The number of aliphatic hydroxyl groups excluding tert-OH is 1. The van der Waals surface area contributed by atoms with Crippen molar-refractivity contribution in [2.24, 2.45) is 22.7 Å². The Kier molecular flexibility index (Phi) is 4.36. The number of rotatable bonds is 2. The Morgan fingerprint density at radius 1 is 1.30 bits per heavy atom. The molecule has 30 heavy (non-hydrogen) atoms. The summed E-state index contributed by atoms with van der Waals surface area (Å²) in [5, 5.41) is 31.9. The predicted octanol–water partition coefficient (Wildman–Crippen LogP) is 2.13. The van der Waals surface area contributed by atoms with Crippen molar-refractivity contribution in [3.05, 3.63) is 36.0 Å². The summed E-state index contributed by atoms with van der Waals surface area (Å²) < 4.78 is 15.3. The molecule has 0 heterocycles. The maximum Gasteiger partial charge on any atom is 0.375 e. The van der Waals surface area contributed by atoms with Gasteiger partial charge in [0.1, 0.15) is 6.17 Å². The summed E-state index contributed by atoms with van der Waals surface area (Å²) in [6.07, 6.45) is 1.05. The van der Waals surface area contributed by atoms with Gasteiger partial charge in [0.2, 0.25) is 0 Å². The molecule has 0 saturated heterocycles. The molecule has 162 valence electrons. The largest absolute Gasteiger partial charge is 0.475 e. The van der Waals surface area contributed by atoms with Crippen LogP contribution in [0.1, 0.15) is 33.1 Å². The van der Waals surface area contributed by atoms with E-state index in [1.54, 1.807) is 6.92 Å². The number of halogens is 2. The molecule has 0 aromatic carbocycles. The van der Waals surface area contributed by atoms with Crippen LogP contribution in [-0.2, 0) is 14.4 Å². The van der Waals surface area contributed by atoms with E-state index in [9.17, 15) is 29.7 Å². The molecule has 0 radical (unpaired) electrons. The number of carboxylic acid groups (broad SMARTS) is 1. The molecule has 0 aromatic heterocycles. The number of carboxylic acids is 1. The first-order chi connectivity index (χ1) is 13.7. The Balaban J connectivity index is 1.89. The van der Waals surface area contributed by atoms with E-state index in [1.807, 2.05) is 0 Å². The number of fused-ring (bicyclic) bond motifs is 5. The van der Waals surface area contributed by atoms with Gasteiger partial charge in [-0.15, -0.1) is 11.6 Å². The van der Waals surface area contributed by atoms with Crippen LogP contribution < -0.4 is 0 Å². The second-order valence-corrected chi connectivity index (χ2v) is 10.1. The molecule has 0 aliphatic heterocycles. The van der Waals surface area contributed by atoms with E-state index >= 15 is 4.39 Å². The molecular formula is C22H24ClFO6. The van der Waals surface area contributed by atoms with Crippen LogP contribution in [0.4, 0.5) is 4.39 Å². The van der Waals surface area contributed by atoms with Crippen molar-refractivity contribution in [3.63, 3.8) is 0 Å². The number of Topliss-reactive ketones (excluding diaryl/α,β-unsaturated/α-hetero) is 1. The quantitative estimate of drug-likeness (QED) is 0.346. The average Bonchev–Trinajstić information content (AvgIpc) is 2.86. The maximum absolute atomic E-state index is 15.3. The molecule has 3 saturated carbocycles. The lowest BCUT2D eigenvalue weighted by molar-refractivity contribution is -0.177. The van der Waals surface area contributed by atoms with Crippen LogP contribution in [-0.4, -0.2) is 55.6 Å². The van der Waals surface area contributed by atoms with Gasteiger partial charge >= 0.3 is 5.97 Å². The molecule has 8 heteroatoms. The molecule has 4 aliphatic rings. The van der Waals surface area contributed by atoms with Crippen LogP contribution in [0.15, 0.2) is 36.0 Å². The van der Waals surface area contributed by atoms with E-state index in [0.717, 1.165) is 0 Å². The van der Waals surface area contributed by atoms with Crippen molar-refractivity contribution in [2.45, 2.75) is 55.9 Å². The lowest BCUT2D eigenvalue weighted by Gasteiger charge is -2.64. The molecule has 0 aromatic rings. The number of hydrogen-bond donors (Lipinski definition) is 3. The highest BCUT2D eigenvalue weighted by Crippen LogP contribution is 2.71. The predicted molar refractivity (Wildman–Crippen MR) is 105 cm³/mol. The smallest absolute Gasteiger partial charge is 0.375 e. The third kappa shape index (κ3) is 2.18. The summed E-state index contributed by atoms with van der Waals surface area (Å²) in [7, 11) is 0. The van der Waals surface area contributed by atoms with Gasteiger partial charge in [0.15, 0.2) is 11.4 Å². The minimum Gasteiger partial charge on any atom is -0.475 e. The van der Waals surface area contributed by atoms with Crippen molar-refractivity contribution in [3.8, 4) is 0 Å². The van der Waals surface area contributed by atoms with Crippen LogP contribution in [0.25, 0.3) is 0 Å². The fraction of sp³-hybridized carbons (Fsp3) is 0.591. The number of allylic oxidation sites excluding steroid dienone is 4. The Hall–Kier alpha value is -1.83. The summed E-state index contributed by atoms with van der Waals surface area (Å²) in [5.74, 6) is -4.84. The summed E-state index contributed by atoms with van der Waals surface area (Å²) in [6.45, 7) is 6.99. The standard InChI is InChI=1S/C22H24ClFO6/c1-10-6-12-13-8-15(24)14-7-11(25)4-5-19(14,2)21(13,23)16(26)9-20(12,3)22(10,30)17(27)18(28)29/h4-5,7,12-13,15-16,26,30H,1,6,8-9H2,2-3H3,(H,28,29)/t12-,13-,15-,16-,19-,20-,21-,22-/m0/s1.